The van der Waals surface area contributed by atoms with Gasteiger partial charge in [0.05, 0.1) is 6.10 Å². The Morgan fingerprint density at radius 2 is 2.20 bits per heavy atom. The topological polar surface area (TPSA) is 40.5 Å². The Balaban J connectivity index is 3.58. The molecule has 0 spiro atoms. The normalized spacial score (nSPS) is 17.6. The third kappa shape index (κ3) is 4.24. The third-order valence-corrected chi connectivity index (χ3v) is 1.82. The van der Waals surface area contributed by atoms with Gasteiger partial charge < -0.3 is 10.2 Å². The summed E-state index contributed by atoms with van der Waals surface area (Å²) in [4.78, 5) is 0. The van der Waals surface area contributed by atoms with E-state index in [0.717, 1.165) is 0 Å². The molecule has 2 atom stereocenters. The molecular formula is C7H13IO2. The second-order valence-corrected chi connectivity index (χ2v) is 2.98. The maximum absolute atomic E-state index is 9.23. The molecule has 0 bridgehead atoms. The lowest BCUT2D eigenvalue weighted by atomic mass is 10.0. The molecule has 0 aromatic heterocycles. The van der Waals surface area contributed by atoms with E-state index in [9.17, 15) is 5.11 Å². The summed E-state index contributed by atoms with van der Waals surface area (Å²) >= 11 is 2.11. The highest BCUT2D eigenvalue weighted by Gasteiger charge is 2.08. The largest absolute Gasteiger partial charge is 0.396 e. The zero-order valence-electron chi connectivity index (χ0n) is 6.00. The summed E-state index contributed by atoms with van der Waals surface area (Å²) < 4.78 is 1.88. The summed E-state index contributed by atoms with van der Waals surface area (Å²) in [6.07, 6.45) is 1.97. The first-order chi connectivity index (χ1) is 4.72. The van der Waals surface area contributed by atoms with E-state index in [1.807, 2.05) is 17.1 Å². The zero-order chi connectivity index (χ0) is 7.98. The Morgan fingerprint density at radius 1 is 1.60 bits per heavy atom. The Hall–Kier alpha value is 0.390. The van der Waals surface area contributed by atoms with E-state index in [0.29, 0.717) is 6.42 Å². The predicted molar refractivity (Wildman–Crippen MR) is 50.0 cm³/mol. The van der Waals surface area contributed by atoms with E-state index in [4.69, 9.17) is 5.11 Å². The van der Waals surface area contributed by atoms with Crippen molar-refractivity contribution in [1.82, 2.24) is 0 Å². The quantitative estimate of drug-likeness (QED) is 0.744. The zero-order valence-corrected chi connectivity index (χ0v) is 8.15. The summed E-state index contributed by atoms with van der Waals surface area (Å²) in [5, 5.41) is 17.7. The number of halogens is 1. The number of rotatable bonds is 4. The van der Waals surface area contributed by atoms with Crippen molar-refractivity contribution in [1.29, 1.82) is 0 Å². The van der Waals surface area contributed by atoms with Crippen molar-refractivity contribution in [2.24, 2.45) is 5.92 Å². The molecule has 0 aliphatic rings. The molecule has 0 amide bonds. The van der Waals surface area contributed by atoms with E-state index in [1.165, 1.54) is 0 Å². The molecule has 60 valence electrons. The molecule has 0 fully saturated rings. The highest BCUT2D eigenvalue weighted by atomic mass is 127. The maximum Gasteiger partial charge on any atom is 0.0622 e. The Bertz CT molecular complexity index is 104. The van der Waals surface area contributed by atoms with Gasteiger partial charge in [-0.3, -0.25) is 0 Å². The predicted octanol–water partition coefficient (Wildman–Crippen LogP) is 1.31. The molecule has 0 radical (unpaired) electrons. The van der Waals surface area contributed by atoms with Crippen molar-refractivity contribution in [3.63, 3.8) is 0 Å². The average molecular weight is 256 g/mol. The first-order valence-electron chi connectivity index (χ1n) is 3.28. The summed E-state index contributed by atoms with van der Waals surface area (Å²) in [6.45, 7) is 1.98. The third-order valence-electron chi connectivity index (χ3n) is 1.41. The SMILES string of the molecule is C[C@@H](/C=C/I)[C@@H](O)CCO. The van der Waals surface area contributed by atoms with E-state index >= 15 is 0 Å². The van der Waals surface area contributed by atoms with Gasteiger partial charge in [-0.05, 0) is 10.5 Å². The average Bonchev–Trinajstić information content (AvgIpc) is 1.89. The molecule has 10 heavy (non-hydrogen) atoms. The van der Waals surface area contributed by atoms with Crippen LogP contribution in [0, 0.1) is 5.92 Å². The van der Waals surface area contributed by atoms with Gasteiger partial charge in [-0.15, -0.1) is 0 Å². The lowest BCUT2D eigenvalue weighted by Crippen LogP contribution is -2.16. The van der Waals surface area contributed by atoms with Crippen molar-refractivity contribution in [3.05, 3.63) is 10.2 Å². The Morgan fingerprint density at radius 3 is 2.60 bits per heavy atom. The smallest absolute Gasteiger partial charge is 0.0622 e. The fourth-order valence-corrected chi connectivity index (χ4v) is 1.29. The monoisotopic (exact) mass is 256 g/mol. The summed E-state index contributed by atoms with van der Waals surface area (Å²) in [5.41, 5.74) is 0. The van der Waals surface area contributed by atoms with Gasteiger partial charge in [-0.25, -0.2) is 0 Å². The van der Waals surface area contributed by atoms with Gasteiger partial charge in [0.25, 0.3) is 0 Å². The Kier molecular flexibility index (Phi) is 6.36. The molecule has 0 heterocycles. The van der Waals surface area contributed by atoms with Crippen LogP contribution in [0.5, 0.6) is 0 Å². The minimum Gasteiger partial charge on any atom is -0.396 e. The van der Waals surface area contributed by atoms with Gasteiger partial charge >= 0.3 is 0 Å². The van der Waals surface area contributed by atoms with E-state index < -0.39 is 6.10 Å². The van der Waals surface area contributed by atoms with Crippen LogP contribution in [-0.4, -0.2) is 22.9 Å². The van der Waals surface area contributed by atoms with Crippen LogP contribution < -0.4 is 0 Å². The number of hydrogen-bond donors (Lipinski definition) is 2. The molecule has 2 N–H and O–H groups in total. The van der Waals surface area contributed by atoms with Crippen molar-refractivity contribution < 1.29 is 10.2 Å². The van der Waals surface area contributed by atoms with Gasteiger partial charge in [-0.2, -0.15) is 0 Å². The molecule has 0 unspecified atom stereocenters. The number of aliphatic hydroxyl groups excluding tert-OH is 2. The van der Waals surface area contributed by atoms with Crippen LogP contribution in [0.25, 0.3) is 0 Å². The first kappa shape index (κ1) is 10.4. The van der Waals surface area contributed by atoms with Crippen molar-refractivity contribution >= 4 is 22.6 Å². The highest BCUT2D eigenvalue weighted by Crippen LogP contribution is 2.08. The summed E-state index contributed by atoms with van der Waals surface area (Å²) in [5.74, 6) is 0.143. The maximum atomic E-state index is 9.23. The van der Waals surface area contributed by atoms with Crippen molar-refractivity contribution in [2.45, 2.75) is 19.4 Å². The van der Waals surface area contributed by atoms with Crippen LogP contribution >= 0.6 is 22.6 Å². The van der Waals surface area contributed by atoms with Crippen LogP contribution in [0.2, 0.25) is 0 Å². The van der Waals surface area contributed by atoms with Gasteiger partial charge in [0.1, 0.15) is 0 Å². The van der Waals surface area contributed by atoms with Crippen LogP contribution in [0.3, 0.4) is 0 Å². The fourth-order valence-electron chi connectivity index (χ4n) is 0.638. The van der Waals surface area contributed by atoms with Crippen molar-refractivity contribution in [2.75, 3.05) is 6.61 Å². The first-order valence-corrected chi connectivity index (χ1v) is 4.52. The summed E-state index contributed by atoms with van der Waals surface area (Å²) in [6, 6.07) is 0. The molecule has 0 saturated heterocycles. The lowest BCUT2D eigenvalue weighted by molar-refractivity contribution is 0.103. The molecule has 0 saturated carbocycles. The van der Waals surface area contributed by atoms with Crippen LogP contribution in [-0.2, 0) is 0 Å². The molecule has 0 aromatic carbocycles. The van der Waals surface area contributed by atoms with E-state index in [2.05, 4.69) is 22.6 Å². The fraction of sp³-hybridized carbons (Fsp3) is 0.714. The highest BCUT2D eigenvalue weighted by molar-refractivity contribution is 14.1. The minimum atomic E-state index is -0.406. The van der Waals surface area contributed by atoms with Crippen LogP contribution in [0.1, 0.15) is 13.3 Å². The van der Waals surface area contributed by atoms with Gasteiger partial charge in [0.15, 0.2) is 0 Å². The van der Waals surface area contributed by atoms with Gasteiger partial charge in [0, 0.05) is 12.5 Å². The van der Waals surface area contributed by atoms with Crippen LogP contribution in [0.15, 0.2) is 10.2 Å². The van der Waals surface area contributed by atoms with Crippen LogP contribution in [0.4, 0.5) is 0 Å². The molecular weight excluding hydrogens is 243 g/mol. The Labute approximate surface area is 75.1 Å². The molecule has 0 aliphatic heterocycles. The lowest BCUT2D eigenvalue weighted by Gasteiger charge is -2.12. The van der Waals surface area contributed by atoms with Gasteiger partial charge in [-0.1, -0.05) is 35.6 Å². The van der Waals surface area contributed by atoms with E-state index in [1.54, 1.807) is 0 Å². The van der Waals surface area contributed by atoms with E-state index in [-0.39, 0.29) is 12.5 Å². The second kappa shape index (κ2) is 6.12. The molecule has 3 heteroatoms. The molecule has 0 rings (SSSR count). The molecule has 0 aliphatic carbocycles. The standard InChI is InChI=1S/C7H13IO2/c1-6(2-4-8)7(10)3-5-9/h2,4,6-7,9-10H,3,5H2,1H3/b4-2+/t6-,7-/m0/s1. The number of aliphatic hydroxyl groups is 2. The summed E-state index contributed by atoms with van der Waals surface area (Å²) in [7, 11) is 0. The minimum absolute atomic E-state index is 0.0561. The molecule has 0 aromatic rings. The van der Waals surface area contributed by atoms with Gasteiger partial charge in [0.2, 0.25) is 0 Å². The van der Waals surface area contributed by atoms with Crippen molar-refractivity contribution in [3.8, 4) is 0 Å². The number of hydrogen-bond acceptors (Lipinski definition) is 2. The molecule has 2 nitrogen and oxygen atoms in total. The second-order valence-electron chi connectivity index (χ2n) is 2.26.